The smallest absolute Gasteiger partial charge is 0.135 e. The van der Waals surface area contributed by atoms with Gasteiger partial charge in [0.1, 0.15) is 11.2 Å². The van der Waals surface area contributed by atoms with Crippen LogP contribution in [0.15, 0.2) is 423 Å². The van der Waals surface area contributed by atoms with Crippen molar-refractivity contribution >= 4 is 174 Å². The van der Waals surface area contributed by atoms with Gasteiger partial charge in [0.2, 0.25) is 0 Å². The Kier molecular flexibility index (Phi) is 18.5. The number of aromatic nitrogens is 5. The molecule has 0 fully saturated rings. The van der Waals surface area contributed by atoms with Gasteiger partial charge in [-0.2, -0.15) is 0 Å². The Labute approximate surface area is 757 Å². The third kappa shape index (κ3) is 12.6. The second kappa shape index (κ2) is 31.0. The molecule has 0 amide bonds. The lowest BCUT2D eigenvalue weighted by Gasteiger charge is -2.21. The SMILES string of the molecule is CN1c2ccccc2-c2ccccc2-c2ccccc21.Cn1c2ccccc2c2cc(-c3ccc4c(c3)c3ccccc3n4-c3ccccc3)ccc21.Cn1c2ccccc2c2cc(-c3ccc4oc5ccccc5c4c3)ccc21.Cn1c2ccccc2c2cc(-c3ccc4sc5ccccc5c4c3)ccc21.Cn1c2ccccc2c2cc3c(cc21)C(C)(C)c1ccccc1-3. The van der Waals surface area contributed by atoms with Crippen molar-refractivity contribution < 1.29 is 4.42 Å². The normalized spacial score (nSPS) is 12.5. The van der Waals surface area contributed by atoms with E-state index in [4.69, 9.17) is 4.42 Å². The first-order valence-corrected chi connectivity index (χ1v) is 45.6. The van der Waals surface area contributed by atoms with Crippen LogP contribution in [0.1, 0.15) is 25.0 Å². The standard InChI is InChI=1S/C31H22N2.C25H17NO.C25H17NS.C22H19N.C19H15N/c1-32-28-13-7-5-11-24(28)26-19-21(15-17-29(26)32)22-16-18-31-27(20-22)25-12-6-8-14-30(25)33(31)23-9-3-2-4-10-23;2*1-26-22-8-4-2-6-18(22)20-14-16(10-12-23(20)26)17-11-13-25-21(15-17)19-7-3-5-9-24(19)27-25;1-22(2)18-10-6-4-8-14(18)16-12-17-15-9-5-7-11-20(15)23(3)21(17)13-19(16)22;1-20-18-12-6-4-10-16(18)14-8-2-3-9-15(14)17-11-5-7-13-19(17)20/h2-20H,1H3;2*2-15H,1H3;4-13H,1-3H3;2-13H,1H3. The third-order valence-electron chi connectivity index (χ3n) is 27.8. The van der Waals surface area contributed by atoms with Crippen LogP contribution in [0.4, 0.5) is 11.4 Å². The summed E-state index contributed by atoms with van der Waals surface area (Å²) in [5.41, 5.74) is 36.7. The van der Waals surface area contributed by atoms with E-state index in [1.54, 1.807) is 0 Å². The molecule has 26 aromatic rings. The van der Waals surface area contributed by atoms with Crippen LogP contribution in [-0.2, 0) is 33.6 Å². The number of benzene rings is 19. The molecule has 7 aromatic heterocycles. The zero-order valence-electron chi connectivity index (χ0n) is 73.3. The lowest BCUT2D eigenvalue weighted by molar-refractivity contribution is 0.661. The maximum absolute atomic E-state index is 5.97. The number of furan rings is 1. The average molecular weight is 1690 g/mol. The summed E-state index contributed by atoms with van der Waals surface area (Å²) in [5.74, 6) is 0. The number of thiophene rings is 1. The van der Waals surface area contributed by atoms with E-state index in [2.05, 4.69) is 483 Å². The summed E-state index contributed by atoms with van der Waals surface area (Å²) in [6.45, 7) is 4.68. The van der Waals surface area contributed by atoms with E-state index in [0.717, 1.165) is 11.2 Å². The highest BCUT2D eigenvalue weighted by atomic mass is 32.1. The van der Waals surface area contributed by atoms with Gasteiger partial charge in [0.25, 0.3) is 0 Å². The minimum absolute atomic E-state index is 0.0660. The monoisotopic (exact) mass is 1690 g/mol. The van der Waals surface area contributed by atoms with Crippen LogP contribution in [0.2, 0.25) is 0 Å². The molecule has 620 valence electrons. The van der Waals surface area contributed by atoms with Crippen LogP contribution >= 0.6 is 11.3 Å². The van der Waals surface area contributed by atoms with E-state index in [0.29, 0.717) is 0 Å². The maximum atomic E-state index is 5.97. The van der Waals surface area contributed by atoms with E-state index < -0.39 is 0 Å². The summed E-state index contributed by atoms with van der Waals surface area (Å²) in [6, 6.07) is 151. The molecule has 8 heteroatoms. The molecular weight excluding hydrogens is 1600 g/mol. The van der Waals surface area contributed by atoms with Gasteiger partial charge in [0.15, 0.2) is 0 Å². The maximum Gasteiger partial charge on any atom is 0.135 e. The fourth-order valence-corrected chi connectivity index (χ4v) is 22.4. The number of para-hydroxylation sites is 9. The summed E-state index contributed by atoms with van der Waals surface area (Å²) in [5, 5.41) is 18.1. The minimum Gasteiger partial charge on any atom is -0.456 e. The molecule has 2 aliphatic rings. The largest absolute Gasteiger partial charge is 0.456 e. The first kappa shape index (κ1) is 77.6. The number of aryl methyl sites for hydroxylation is 4. The van der Waals surface area contributed by atoms with E-state index in [1.807, 2.05) is 23.5 Å². The molecule has 0 saturated heterocycles. The van der Waals surface area contributed by atoms with Crippen LogP contribution < -0.4 is 4.90 Å². The fourth-order valence-electron chi connectivity index (χ4n) is 21.3. The molecule has 0 unspecified atom stereocenters. The van der Waals surface area contributed by atoms with Crippen LogP contribution in [0.25, 0.3) is 224 Å². The molecule has 1 aliphatic heterocycles. The minimum atomic E-state index is 0.0660. The third-order valence-corrected chi connectivity index (χ3v) is 29.0. The van der Waals surface area contributed by atoms with Crippen LogP contribution in [0.3, 0.4) is 0 Å². The Balaban J connectivity index is 0.0000000909. The Hall–Kier alpha value is -16.0. The van der Waals surface area contributed by atoms with E-state index in [9.17, 15) is 0 Å². The molecule has 0 atom stereocenters. The number of rotatable bonds is 4. The van der Waals surface area contributed by atoms with Gasteiger partial charge < -0.3 is 32.2 Å². The van der Waals surface area contributed by atoms with Crippen molar-refractivity contribution in [1.29, 1.82) is 0 Å². The quantitative estimate of drug-likeness (QED) is 0.176. The molecule has 130 heavy (non-hydrogen) atoms. The predicted molar refractivity (Wildman–Crippen MR) is 555 cm³/mol. The second-order valence-electron chi connectivity index (χ2n) is 35.3. The molecule has 8 heterocycles. The zero-order chi connectivity index (χ0) is 87.1. The number of hydrogen-bond donors (Lipinski definition) is 0. The lowest BCUT2D eigenvalue weighted by Crippen LogP contribution is -2.14. The molecule has 7 nitrogen and oxygen atoms in total. The van der Waals surface area contributed by atoms with Gasteiger partial charge in [-0.1, -0.05) is 281 Å². The average Bonchev–Trinajstić information content (AvgIpc) is 1.55. The van der Waals surface area contributed by atoms with Gasteiger partial charge >= 0.3 is 0 Å². The van der Waals surface area contributed by atoms with Crippen molar-refractivity contribution in [3.05, 3.63) is 430 Å². The van der Waals surface area contributed by atoms with Crippen LogP contribution in [0, 0.1) is 0 Å². The molecular formula is C122H90N6OS. The Morgan fingerprint density at radius 3 is 1.06 bits per heavy atom. The molecule has 1 aliphatic carbocycles. The Bertz CT molecular complexity index is 8770. The van der Waals surface area contributed by atoms with Gasteiger partial charge in [-0.3, -0.25) is 0 Å². The molecule has 28 rings (SSSR count). The first-order chi connectivity index (χ1) is 63.8. The summed E-state index contributed by atoms with van der Waals surface area (Å²) >= 11 is 1.87. The number of anilines is 2. The Morgan fingerprint density at radius 1 is 0.208 bits per heavy atom. The van der Waals surface area contributed by atoms with Crippen molar-refractivity contribution in [3.8, 4) is 72.4 Å². The highest BCUT2D eigenvalue weighted by Crippen LogP contribution is 2.52. The van der Waals surface area contributed by atoms with Crippen LogP contribution in [0.5, 0.6) is 0 Å². The highest BCUT2D eigenvalue weighted by molar-refractivity contribution is 7.25. The molecule has 0 N–H and O–H groups in total. The molecule has 19 aromatic carbocycles. The van der Waals surface area contributed by atoms with Crippen molar-refractivity contribution in [2.24, 2.45) is 28.2 Å². The van der Waals surface area contributed by atoms with Crippen molar-refractivity contribution in [2.45, 2.75) is 19.3 Å². The van der Waals surface area contributed by atoms with Gasteiger partial charge in [0.05, 0.1) is 11.0 Å². The summed E-state index contributed by atoms with van der Waals surface area (Å²) < 4.78 is 20.2. The van der Waals surface area contributed by atoms with E-state index in [-0.39, 0.29) is 5.41 Å². The second-order valence-corrected chi connectivity index (χ2v) is 36.3. The summed E-state index contributed by atoms with van der Waals surface area (Å²) in [6.07, 6.45) is 0. The number of nitrogens with zero attached hydrogens (tertiary/aromatic N) is 6. The summed E-state index contributed by atoms with van der Waals surface area (Å²) in [4.78, 5) is 2.28. The fraction of sp³-hybridized carbons (Fsp3) is 0.0656. The molecule has 0 bridgehead atoms. The highest BCUT2D eigenvalue weighted by Gasteiger charge is 2.36. The van der Waals surface area contributed by atoms with Gasteiger partial charge in [-0.25, -0.2) is 0 Å². The number of hydrogen-bond acceptors (Lipinski definition) is 3. The first-order valence-electron chi connectivity index (χ1n) is 44.8. The van der Waals surface area contributed by atoms with Crippen molar-refractivity contribution in [1.82, 2.24) is 22.8 Å². The van der Waals surface area contributed by atoms with Crippen molar-refractivity contribution in [3.63, 3.8) is 0 Å². The topological polar surface area (TPSA) is 41.0 Å². The molecule has 0 spiro atoms. The molecule has 0 saturated carbocycles. The van der Waals surface area contributed by atoms with Crippen molar-refractivity contribution in [2.75, 3.05) is 11.9 Å². The van der Waals surface area contributed by atoms with E-state index >= 15 is 0 Å². The van der Waals surface area contributed by atoms with Gasteiger partial charge in [-0.05, 0) is 218 Å². The van der Waals surface area contributed by atoms with Gasteiger partial charge in [0, 0.05) is 198 Å². The Morgan fingerprint density at radius 2 is 0.538 bits per heavy atom. The van der Waals surface area contributed by atoms with Crippen LogP contribution in [-0.4, -0.2) is 29.9 Å². The predicted octanol–water partition coefficient (Wildman–Crippen LogP) is 33.1. The van der Waals surface area contributed by atoms with E-state index in [1.165, 1.54) is 235 Å². The molecule has 0 radical (unpaired) electrons. The van der Waals surface area contributed by atoms with Gasteiger partial charge in [-0.15, -0.1) is 11.3 Å². The summed E-state index contributed by atoms with van der Waals surface area (Å²) in [7, 11) is 10.7. The lowest BCUT2D eigenvalue weighted by atomic mass is 9.82. The zero-order valence-corrected chi connectivity index (χ0v) is 74.2. The number of fused-ring (bicyclic) bond motifs is 29.